The molecule has 0 aromatic heterocycles. The van der Waals surface area contributed by atoms with Crippen molar-refractivity contribution in [2.45, 2.75) is 58.4 Å². The molecule has 2 amide bonds. The lowest BCUT2D eigenvalue weighted by molar-refractivity contribution is -0.135. The van der Waals surface area contributed by atoms with E-state index in [1.807, 2.05) is 20.8 Å². The molecule has 0 aromatic carbocycles. The van der Waals surface area contributed by atoms with E-state index in [1.54, 1.807) is 6.08 Å². The maximum absolute atomic E-state index is 12.5. The van der Waals surface area contributed by atoms with Crippen molar-refractivity contribution in [1.82, 2.24) is 5.32 Å². The lowest BCUT2D eigenvalue weighted by Crippen LogP contribution is -2.47. The number of primary amides is 1. The van der Waals surface area contributed by atoms with Gasteiger partial charge in [-0.1, -0.05) is 18.9 Å². The predicted octanol–water partition coefficient (Wildman–Crippen LogP) is 2.39. The minimum atomic E-state index is -0.393. The van der Waals surface area contributed by atoms with Crippen LogP contribution in [0, 0.1) is 17.8 Å². The Hall–Kier alpha value is -1.32. The van der Waals surface area contributed by atoms with Crippen LogP contribution < -0.4 is 11.1 Å². The van der Waals surface area contributed by atoms with Crippen LogP contribution in [-0.2, 0) is 9.59 Å². The van der Waals surface area contributed by atoms with Crippen LogP contribution in [0.5, 0.6) is 0 Å². The Morgan fingerprint density at radius 3 is 2.35 bits per heavy atom. The molecule has 0 bridgehead atoms. The third kappa shape index (κ3) is 5.76. The summed E-state index contributed by atoms with van der Waals surface area (Å²) in [6, 6.07) is 0. The van der Waals surface area contributed by atoms with Crippen molar-refractivity contribution in [3.8, 4) is 0 Å². The van der Waals surface area contributed by atoms with Gasteiger partial charge in [-0.25, -0.2) is 0 Å². The van der Waals surface area contributed by atoms with Crippen LogP contribution in [0.25, 0.3) is 0 Å². The standard InChI is InChI=1S/C16H28N2O2/c1-5-6-7-12(14(17)19)13(10-11-8-9-11)15(20)18-16(2,3)4/h5,11-13H,1,6-10H2,2-4H3,(H2,17,19)(H,18,20). The normalized spacial score (nSPS) is 18.1. The fourth-order valence-electron chi connectivity index (χ4n) is 2.47. The first-order valence-electron chi connectivity index (χ1n) is 7.47. The van der Waals surface area contributed by atoms with Gasteiger partial charge in [0.2, 0.25) is 11.8 Å². The predicted molar refractivity (Wildman–Crippen MR) is 80.8 cm³/mol. The van der Waals surface area contributed by atoms with Crippen molar-refractivity contribution >= 4 is 11.8 Å². The number of carbonyl (C=O) groups excluding carboxylic acids is 2. The van der Waals surface area contributed by atoms with Gasteiger partial charge in [0.25, 0.3) is 0 Å². The number of carbonyl (C=O) groups is 2. The molecule has 0 heterocycles. The number of allylic oxidation sites excluding steroid dienone is 1. The van der Waals surface area contributed by atoms with Crippen molar-refractivity contribution in [2.75, 3.05) is 0 Å². The number of hydrogen-bond acceptors (Lipinski definition) is 2. The van der Waals surface area contributed by atoms with E-state index in [1.165, 1.54) is 0 Å². The second-order valence-electron chi connectivity index (χ2n) is 6.90. The number of rotatable bonds is 8. The molecular weight excluding hydrogens is 252 g/mol. The zero-order chi connectivity index (χ0) is 15.3. The molecule has 0 aliphatic heterocycles. The van der Waals surface area contributed by atoms with E-state index in [4.69, 9.17) is 5.73 Å². The Labute approximate surface area is 122 Å². The third-order valence-electron chi connectivity index (χ3n) is 3.65. The van der Waals surface area contributed by atoms with Gasteiger partial charge in [0.15, 0.2) is 0 Å². The van der Waals surface area contributed by atoms with Crippen LogP contribution in [0.15, 0.2) is 12.7 Å². The lowest BCUT2D eigenvalue weighted by atomic mass is 9.82. The highest BCUT2D eigenvalue weighted by atomic mass is 16.2. The Balaban J connectivity index is 2.80. The molecule has 2 unspecified atom stereocenters. The third-order valence-corrected chi connectivity index (χ3v) is 3.65. The zero-order valence-corrected chi connectivity index (χ0v) is 12.9. The molecule has 1 rings (SSSR count). The molecule has 4 nitrogen and oxygen atoms in total. The number of nitrogens with one attached hydrogen (secondary N) is 1. The van der Waals surface area contributed by atoms with E-state index in [0.29, 0.717) is 18.8 Å². The zero-order valence-electron chi connectivity index (χ0n) is 12.9. The number of nitrogens with two attached hydrogens (primary N) is 1. The molecule has 2 atom stereocenters. The monoisotopic (exact) mass is 280 g/mol. The highest BCUT2D eigenvalue weighted by molar-refractivity contribution is 5.87. The van der Waals surface area contributed by atoms with Gasteiger partial charge in [-0.2, -0.15) is 0 Å². The van der Waals surface area contributed by atoms with E-state index in [9.17, 15) is 9.59 Å². The largest absolute Gasteiger partial charge is 0.369 e. The minimum Gasteiger partial charge on any atom is -0.369 e. The van der Waals surface area contributed by atoms with Gasteiger partial charge in [-0.15, -0.1) is 6.58 Å². The number of amides is 2. The van der Waals surface area contributed by atoms with Gasteiger partial charge in [-0.05, 0) is 46.0 Å². The summed E-state index contributed by atoms with van der Waals surface area (Å²) >= 11 is 0. The highest BCUT2D eigenvalue weighted by Gasteiger charge is 2.37. The molecule has 0 saturated heterocycles. The van der Waals surface area contributed by atoms with Crippen LogP contribution in [0.1, 0.15) is 52.9 Å². The fourth-order valence-corrected chi connectivity index (χ4v) is 2.47. The van der Waals surface area contributed by atoms with Crippen molar-refractivity contribution in [1.29, 1.82) is 0 Å². The van der Waals surface area contributed by atoms with Crippen molar-refractivity contribution in [3.63, 3.8) is 0 Å². The van der Waals surface area contributed by atoms with E-state index >= 15 is 0 Å². The van der Waals surface area contributed by atoms with E-state index < -0.39 is 5.92 Å². The summed E-state index contributed by atoms with van der Waals surface area (Å²) in [6.45, 7) is 9.52. The molecule has 0 aromatic rings. The molecule has 0 spiro atoms. The Morgan fingerprint density at radius 1 is 1.35 bits per heavy atom. The SMILES string of the molecule is C=CCCC(C(N)=O)C(CC1CC1)C(=O)NC(C)(C)C. The Kier molecular flexibility index (Phi) is 5.78. The Morgan fingerprint density at radius 2 is 1.95 bits per heavy atom. The molecule has 20 heavy (non-hydrogen) atoms. The van der Waals surface area contributed by atoms with Crippen LogP contribution in [0.4, 0.5) is 0 Å². The molecule has 1 aliphatic carbocycles. The van der Waals surface area contributed by atoms with Crippen LogP contribution in [0.3, 0.4) is 0 Å². The van der Waals surface area contributed by atoms with Crippen LogP contribution in [-0.4, -0.2) is 17.4 Å². The van der Waals surface area contributed by atoms with E-state index in [-0.39, 0.29) is 23.3 Å². The minimum absolute atomic E-state index is 0.0442. The summed E-state index contributed by atoms with van der Waals surface area (Å²) in [5, 5.41) is 2.99. The number of hydrogen-bond donors (Lipinski definition) is 2. The van der Waals surface area contributed by atoms with E-state index in [2.05, 4.69) is 11.9 Å². The summed E-state index contributed by atoms with van der Waals surface area (Å²) in [5.41, 5.74) is 5.23. The maximum Gasteiger partial charge on any atom is 0.224 e. The highest BCUT2D eigenvalue weighted by Crippen LogP contribution is 2.38. The van der Waals surface area contributed by atoms with Crippen molar-refractivity contribution in [2.24, 2.45) is 23.5 Å². The van der Waals surface area contributed by atoms with Gasteiger partial charge in [0.05, 0.1) is 0 Å². The Bertz CT molecular complexity index is 367. The molecule has 1 fully saturated rings. The molecule has 1 aliphatic rings. The van der Waals surface area contributed by atoms with Gasteiger partial charge >= 0.3 is 0 Å². The van der Waals surface area contributed by atoms with Gasteiger partial charge < -0.3 is 11.1 Å². The molecular formula is C16H28N2O2. The molecule has 0 radical (unpaired) electrons. The molecule has 114 valence electrons. The molecule has 3 N–H and O–H groups in total. The van der Waals surface area contributed by atoms with Gasteiger partial charge in [-0.3, -0.25) is 9.59 Å². The average Bonchev–Trinajstić information content (AvgIpc) is 3.09. The topological polar surface area (TPSA) is 72.2 Å². The van der Waals surface area contributed by atoms with E-state index in [0.717, 1.165) is 19.3 Å². The first-order chi connectivity index (χ1) is 9.24. The second kappa shape index (κ2) is 6.91. The first kappa shape index (κ1) is 16.7. The van der Waals surface area contributed by atoms with Crippen LogP contribution in [0.2, 0.25) is 0 Å². The van der Waals surface area contributed by atoms with Crippen molar-refractivity contribution in [3.05, 3.63) is 12.7 Å². The maximum atomic E-state index is 12.5. The fraction of sp³-hybridized carbons (Fsp3) is 0.750. The van der Waals surface area contributed by atoms with Gasteiger partial charge in [0, 0.05) is 17.4 Å². The summed E-state index contributed by atoms with van der Waals surface area (Å²) in [4.78, 5) is 24.2. The molecule has 4 heteroatoms. The lowest BCUT2D eigenvalue weighted by Gasteiger charge is -2.28. The summed E-state index contributed by atoms with van der Waals surface area (Å²) in [5.74, 6) is -0.537. The smallest absolute Gasteiger partial charge is 0.224 e. The van der Waals surface area contributed by atoms with Gasteiger partial charge in [0.1, 0.15) is 0 Å². The summed E-state index contributed by atoms with van der Waals surface area (Å²) in [7, 11) is 0. The summed E-state index contributed by atoms with van der Waals surface area (Å²) < 4.78 is 0. The quantitative estimate of drug-likeness (QED) is 0.670. The second-order valence-corrected chi connectivity index (χ2v) is 6.90. The van der Waals surface area contributed by atoms with Crippen LogP contribution >= 0.6 is 0 Å². The average molecular weight is 280 g/mol. The first-order valence-corrected chi connectivity index (χ1v) is 7.47. The summed E-state index contributed by atoms with van der Waals surface area (Å²) in [6.07, 6.45) is 6.17. The van der Waals surface area contributed by atoms with Crippen molar-refractivity contribution < 1.29 is 9.59 Å². The molecule has 1 saturated carbocycles.